The molecule has 0 bridgehead atoms. The SMILES string of the molecule is CCN(C)C(=O)[C@H](O)C#Cc1cccc(-c2ccc3ccnc(N)c3c2)c1. The lowest BCUT2D eigenvalue weighted by Crippen LogP contribution is -2.35. The highest BCUT2D eigenvalue weighted by Crippen LogP contribution is 2.27. The van der Waals surface area contributed by atoms with Crippen LogP contribution in [0.15, 0.2) is 54.7 Å². The molecule has 2 aromatic carbocycles. The van der Waals surface area contributed by atoms with E-state index in [4.69, 9.17) is 5.73 Å². The molecule has 5 heteroatoms. The van der Waals surface area contributed by atoms with Crippen LogP contribution in [0.1, 0.15) is 12.5 Å². The van der Waals surface area contributed by atoms with E-state index >= 15 is 0 Å². The fourth-order valence-electron chi connectivity index (χ4n) is 2.72. The highest BCUT2D eigenvalue weighted by molar-refractivity contribution is 5.94. The number of hydrogen-bond acceptors (Lipinski definition) is 4. The average Bonchev–Trinajstić information content (AvgIpc) is 2.71. The van der Waals surface area contributed by atoms with Crippen LogP contribution in [0.3, 0.4) is 0 Å². The molecule has 0 saturated carbocycles. The monoisotopic (exact) mass is 359 g/mol. The fraction of sp³-hybridized carbons (Fsp3) is 0.182. The van der Waals surface area contributed by atoms with Gasteiger partial charge >= 0.3 is 0 Å². The molecule has 0 aliphatic carbocycles. The van der Waals surface area contributed by atoms with Gasteiger partial charge in [0.05, 0.1) is 0 Å². The predicted octanol–water partition coefficient (Wildman–Crippen LogP) is 2.67. The van der Waals surface area contributed by atoms with Crippen LogP contribution < -0.4 is 5.73 Å². The Bertz CT molecular complexity index is 1050. The second kappa shape index (κ2) is 7.90. The maximum Gasteiger partial charge on any atom is 0.263 e. The highest BCUT2D eigenvalue weighted by Gasteiger charge is 2.15. The standard InChI is InChI=1S/C22H21N3O2/c1-3-25(2)22(27)20(26)10-7-15-5-4-6-17(13-15)18-9-8-16-11-12-24-21(23)19(16)14-18/h4-6,8-9,11-14,20,26H,3H2,1-2H3,(H2,23,24)/t20-/m1/s1. The molecule has 1 heterocycles. The molecular formula is C22H21N3O2. The van der Waals surface area contributed by atoms with Gasteiger partial charge in [0.15, 0.2) is 6.10 Å². The Labute approximate surface area is 158 Å². The topological polar surface area (TPSA) is 79.5 Å². The van der Waals surface area contributed by atoms with Crippen LogP contribution in [0.4, 0.5) is 5.82 Å². The molecule has 3 rings (SSSR count). The molecule has 5 nitrogen and oxygen atoms in total. The molecule has 3 N–H and O–H groups in total. The Morgan fingerprint density at radius 2 is 2.00 bits per heavy atom. The minimum Gasteiger partial charge on any atom is -0.383 e. The number of anilines is 1. The number of aromatic nitrogens is 1. The van der Waals surface area contributed by atoms with Crippen LogP contribution in [-0.2, 0) is 4.79 Å². The van der Waals surface area contributed by atoms with E-state index in [1.807, 2.05) is 55.5 Å². The van der Waals surface area contributed by atoms with E-state index in [9.17, 15) is 9.90 Å². The summed E-state index contributed by atoms with van der Waals surface area (Å²) < 4.78 is 0. The summed E-state index contributed by atoms with van der Waals surface area (Å²) in [6.45, 7) is 2.36. The quantitative estimate of drug-likeness (QED) is 0.705. The van der Waals surface area contributed by atoms with Gasteiger partial charge < -0.3 is 15.7 Å². The first kappa shape index (κ1) is 18.4. The number of hydrogen-bond donors (Lipinski definition) is 2. The van der Waals surface area contributed by atoms with Gasteiger partial charge in [-0.05, 0) is 47.7 Å². The van der Waals surface area contributed by atoms with Crippen molar-refractivity contribution in [2.75, 3.05) is 19.3 Å². The first-order chi connectivity index (χ1) is 13.0. The van der Waals surface area contributed by atoms with Crippen molar-refractivity contribution in [3.63, 3.8) is 0 Å². The summed E-state index contributed by atoms with van der Waals surface area (Å²) in [5, 5.41) is 11.9. The second-order valence-electron chi connectivity index (χ2n) is 6.24. The van der Waals surface area contributed by atoms with Gasteiger partial charge in [0.25, 0.3) is 5.91 Å². The maximum atomic E-state index is 11.9. The molecule has 27 heavy (non-hydrogen) atoms. The Balaban J connectivity index is 1.90. The summed E-state index contributed by atoms with van der Waals surface area (Å²) in [7, 11) is 1.63. The van der Waals surface area contributed by atoms with Crippen LogP contribution in [0.5, 0.6) is 0 Å². The number of aliphatic hydroxyl groups excluding tert-OH is 1. The number of nitrogens with two attached hydrogens (primary N) is 1. The molecule has 3 aromatic rings. The van der Waals surface area contributed by atoms with E-state index < -0.39 is 12.0 Å². The van der Waals surface area contributed by atoms with E-state index in [1.165, 1.54) is 4.90 Å². The van der Waals surface area contributed by atoms with Gasteiger partial charge in [0.1, 0.15) is 5.82 Å². The first-order valence-corrected chi connectivity index (χ1v) is 8.69. The second-order valence-corrected chi connectivity index (χ2v) is 6.24. The van der Waals surface area contributed by atoms with Crippen LogP contribution in [0.2, 0.25) is 0 Å². The molecule has 0 radical (unpaired) electrons. The number of aliphatic hydroxyl groups is 1. The smallest absolute Gasteiger partial charge is 0.263 e. The van der Waals surface area contributed by atoms with Crippen LogP contribution in [0, 0.1) is 11.8 Å². The Morgan fingerprint density at radius 3 is 2.78 bits per heavy atom. The molecule has 1 amide bonds. The Morgan fingerprint density at radius 1 is 1.22 bits per heavy atom. The number of carbonyl (C=O) groups is 1. The lowest BCUT2D eigenvalue weighted by molar-refractivity contribution is -0.135. The third kappa shape index (κ3) is 4.08. The largest absolute Gasteiger partial charge is 0.383 e. The van der Waals surface area contributed by atoms with Crippen molar-refractivity contribution in [3.05, 3.63) is 60.3 Å². The third-order valence-electron chi connectivity index (χ3n) is 4.43. The highest BCUT2D eigenvalue weighted by atomic mass is 16.3. The van der Waals surface area contributed by atoms with Crippen molar-refractivity contribution in [2.24, 2.45) is 0 Å². The number of amides is 1. The minimum absolute atomic E-state index is 0.404. The molecule has 136 valence electrons. The number of fused-ring (bicyclic) bond motifs is 1. The molecule has 0 aliphatic rings. The van der Waals surface area contributed by atoms with Crippen molar-refractivity contribution in [3.8, 4) is 23.0 Å². The summed E-state index contributed by atoms with van der Waals surface area (Å²) in [5.74, 6) is 5.58. The molecule has 0 saturated heterocycles. The number of rotatable bonds is 3. The zero-order chi connectivity index (χ0) is 19.4. The minimum atomic E-state index is -1.33. The van der Waals surface area contributed by atoms with Gasteiger partial charge in [-0.2, -0.15) is 0 Å². The predicted molar refractivity (Wildman–Crippen MR) is 108 cm³/mol. The zero-order valence-electron chi connectivity index (χ0n) is 15.3. The van der Waals surface area contributed by atoms with Crippen molar-refractivity contribution < 1.29 is 9.90 Å². The first-order valence-electron chi connectivity index (χ1n) is 8.69. The normalized spacial score (nSPS) is 11.5. The van der Waals surface area contributed by atoms with Crippen LogP contribution in [0.25, 0.3) is 21.9 Å². The fourth-order valence-corrected chi connectivity index (χ4v) is 2.72. The van der Waals surface area contributed by atoms with Gasteiger partial charge in [-0.25, -0.2) is 4.98 Å². The average molecular weight is 359 g/mol. The lowest BCUT2D eigenvalue weighted by atomic mass is 10.00. The van der Waals surface area contributed by atoms with Crippen molar-refractivity contribution in [2.45, 2.75) is 13.0 Å². The van der Waals surface area contributed by atoms with Gasteiger partial charge in [-0.15, -0.1) is 0 Å². The summed E-state index contributed by atoms with van der Waals surface area (Å²) in [4.78, 5) is 17.5. The zero-order valence-corrected chi connectivity index (χ0v) is 15.3. The molecule has 0 spiro atoms. The molecule has 1 aromatic heterocycles. The summed E-state index contributed by atoms with van der Waals surface area (Å²) in [5.41, 5.74) is 8.67. The van der Waals surface area contributed by atoms with E-state index in [1.54, 1.807) is 13.2 Å². The Hall–Kier alpha value is -3.36. The number of pyridine rings is 1. The molecular weight excluding hydrogens is 338 g/mol. The van der Waals surface area contributed by atoms with Crippen molar-refractivity contribution in [1.82, 2.24) is 9.88 Å². The van der Waals surface area contributed by atoms with E-state index in [0.29, 0.717) is 12.4 Å². The van der Waals surface area contributed by atoms with Gasteiger partial charge in [-0.1, -0.05) is 36.1 Å². The van der Waals surface area contributed by atoms with E-state index in [0.717, 1.165) is 27.5 Å². The maximum absolute atomic E-state index is 11.9. The molecule has 0 unspecified atom stereocenters. The van der Waals surface area contributed by atoms with Crippen molar-refractivity contribution >= 4 is 22.5 Å². The third-order valence-corrected chi connectivity index (χ3v) is 4.43. The molecule has 0 fully saturated rings. The number of likely N-dealkylation sites (N-methyl/N-ethyl adjacent to an activating group) is 1. The van der Waals surface area contributed by atoms with Gasteiger partial charge in [0, 0.05) is 30.7 Å². The molecule has 0 aliphatic heterocycles. The van der Waals surface area contributed by atoms with Gasteiger partial charge in [0.2, 0.25) is 0 Å². The lowest BCUT2D eigenvalue weighted by Gasteiger charge is -2.15. The number of nitrogens with zero attached hydrogens (tertiary/aromatic N) is 2. The van der Waals surface area contributed by atoms with Gasteiger partial charge in [-0.3, -0.25) is 4.79 Å². The summed E-state index contributed by atoms with van der Waals surface area (Å²) in [6.07, 6.45) is 0.362. The van der Waals surface area contributed by atoms with E-state index in [-0.39, 0.29) is 0 Å². The van der Waals surface area contributed by atoms with Crippen molar-refractivity contribution in [1.29, 1.82) is 0 Å². The van der Waals surface area contributed by atoms with Crippen LogP contribution in [-0.4, -0.2) is 40.6 Å². The number of benzene rings is 2. The van der Waals surface area contributed by atoms with Crippen LogP contribution >= 0.6 is 0 Å². The number of carbonyl (C=O) groups excluding carboxylic acids is 1. The Kier molecular flexibility index (Phi) is 5.39. The van der Waals surface area contributed by atoms with E-state index in [2.05, 4.69) is 16.8 Å². The number of nitrogen functional groups attached to an aromatic ring is 1. The summed E-state index contributed by atoms with van der Waals surface area (Å²) >= 11 is 0. The molecule has 1 atom stereocenters. The summed E-state index contributed by atoms with van der Waals surface area (Å²) in [6, 6.07) is 15.6.